The maximum atomic E-state index is 12.2. The van der Waals surface area contributed by atoms with Gasteiger partial charge in [0, 0.05) is 47.4 Å². The molecule has 3 rings (SSSR count). The third-order valence-electron chi connectivity index (χ3n) is 5.73. The number of hydrogen-bond acceptors (Lipinski definition) is 5. The number of nitrogens with zero attached hydrogens (tertiary/aromatic N) is 4. The van der Waals surface area contributed by atoms with Gasteiger partial charge in [0.2, 0.25) is 5.91 Å². The average Bonchev–Trinajstić information content (AvgIpc) is 3.13. The zero-order valence-corrected chi connectivity index (χ0v) is 20.7. The van der Waals surface area contributed by atoms with Crippen LogP contribution in [0.1, 0.15) is 26.2 Å². The molecule has 1 fully saturated rings. The Morgan fingerprint density at radius 3 is 2.88 bits per heavy atom. The van der Waals surface area contributed by atoms with E-state index >= 15 is 0 Å². The summed E-state index contributed by atoms with van der Waals surface area (Å²) in [4.78, 5) is 34.6. The molecule has 2 N–H and O–H groups in total. The van der Waals surface area contributed by atoms with E-state index in [0.717, 1.165) is 50.7 Å². The molecule has 9 nitrogen and oxygen atoms in total. The fourth-order valence-electron chi connectivity index (χ4n) is 3.80. The van der Waals surface area contributed by atoms with Crippen LogP contribution in [0.5, 0.6) is 0 Å². The van der Waals surface area contributed by atoms with Crippen LogP contribution in [0.4, 0.5) is 10.6 Å². The second-order valence-electron chi connectivity index (χ2n) is 9.74. The van der Waals surface area contributed by atoms with Crippen LogP contribution in [-0.4, -0.2) is 65.7 Å². The highest BCUT2D eigenvalue weighted by Crippen LogP contribution is 2.19. The number of aromatic nitrogens is 3. The van der Waals surface area contributed by atoms with Crippen LogP contribution in [0.15, 0.2) is 18.5 Å². The molecule has 2 aromatic rings. The number of piperidine rings is 1. The predicted octanol–water partition coefficient (Wildman–Crippen LogP) is 3.51. The van der Waals surface area contributed by atoms with Crippen LogP contribution < -0.4 is 10.6 Å². The molecule has 1 aliphatic heterocycles. The first-order valence-electron chi connectivity index (χ1n) is 11.4. The van der Waals surface area contributed by atoms with Crippen molar-refractivity contribution in [3.63, 3.8) is 0 Å². The maximum absolute atomic E-state index is 12.2. The standard InChI is InChI=1S/C22H36N6O3Si/c1-17(29)27-10-5-6-18(15-27)7-9-23-22(30)26-20-14-24-21-19(25-20)8-11-28(21)16-31-12-13-32(2,3)4/h8,11,14,18H,5-7,9-10,12-13,15-16H2,1-4H3,(H2,23,25,26,30). The first-order valence-corrected chi connectivity index (χ1v) is 15.1. The van der Waals surface area contributed by atoms with Crippen LogP contribution in [0.3, 0.4) is 0 Å². The molecule has 0 aliphatic carbocycles. The molecule has 0 bridgehead atoms. The molecule has 1 aliphatic rings. The minimum atomic E-state index is -1.11. The van der Waals surface area contributed by atoms with E-state index in [4.69, 9.17) is 4.74 Å². The van der Waals surface area contributed by atoms with Gasteiger partial charge in [0.05, 0.1) is 6.20 Å². The fraction of sp³-hybridized carbons (Fsp3) is 0.636. The van der Waals surface area contributed by atoms with Gasteiger partial charge in [-0.15, -0.1) is 0 Å². The van der Waals surface area contributed by atoms with Gasteiger partial charge in [-0.05, 0) is 37.3 Å². The van der Waals surface area contributed by atoms with Gasteiger partial charge < -0.3 is 19.5 Å². The maximum Gasteiger partial charge on any atom is 0.320 e. The van der Waals surface area contributed by atoms with Crippen molar-refractivity contribution in [2.75, 3.05) is 31.6 Å². The Hall–Kier alpha value is -2.46. The number of urea groups is 1. The van der Waals surface area contributed by atoms with Crippen molar-refractivity contribution in [1.82, 2.24) is 24.8 Å². The quantitative estimate of drug-likeness (QED) is 0.440. The van der Waals surface area contributed by atoms with Crippen molar-refractivity contribution in [3.8, 4) is 0 Å². The summed E-state index contributed by atoms with van der Waals surface area (Å²) in [5.74, 6) is 0.964. The van der Waals surface area contributed by atoms with Crippen LogP contribution in [0.2, 0.25) is 25.7 Å². The Balaban J connectivity index is 1.43. The van der Waals surface area contributed by atoms with E-state index in [1.807, 2.05) is 21.7 Å². The van der Waals surface area contributed by atoms with Gasteiger partial charge in [0.25, 0.3) is 0 Å². The number of ether oxygens (including phenoxy) is 1. The van der Waals surface area contributed by atoms with E-state index in [9.17, 15) is 9.59 Å². The number of anilines is 1. The highest BCUT2D eigenvalue weighted by molar-refractivity contribution is 6.76. The van der Waals surface area contributed by atoms with Crippen molar-refractivity contribution >= 4 is 37.0 Å². The van der Waals surface area contributed by atoms with Crippen molar-refractivity contribution in [2.45, 2.75) is 58.6 Å². The molecular formula is C22H36N6O3Si. The lowest BCUT2D eigenvalue weighted by atomic mass is 9.95. The summed E-state index contributed by atoms with van der Waals surface area (Å²) in [5.41, 5.74) is 1.44. The average molecular weight is 461 g/mol. The molecular weight excluding hydrogens is 424 g/mol. The number of likely N-dealkylation sites (tertiary alicyclic amines) is 1. The van der Waals surface area contributed by atoms with E-state index in [0.29, 0.717) is 30.5 Å². The first kappa shape index (κ1) is 24.2. The van der Waals surface area contributed by atoms with Crippen LogP contribution >= 0.6 is 0 Å². The monoisotopic (exact) mass is 460 g/mol. The molecule has 1 atom stereocenters. The van der Waals surface area contributed by atoms with E-state index in [1.54, 1.807) is 13.1 Å². The Kier molecular flexibility index (Phi) is 8.24. The number of nitrogens with one attached hydrogen (secondary N) is 2. The molecule has 10 heteroatoms. The summed E-state index contributed by atoms with van der Waals surface area (Å²) in [7, 11) is -1.11. The highest BCUT2D eigenvalue weighted by atomic mass is 28.3. The van der Waals surface area contributed by atoms with Crippen molar-refractivity contribution in [1.29, 1.82) is 0 Å². The molecule has 2 aromatic heterocycles. The Morgan fingerprint density at radius 2 is 2.12 bits per heavy atom. The third kappa shape index (κ3) is 7.30. The Bertz CT molecular complexity index is 926. The number of hydrogen-bond donors (Lipinski definition) is 2. The van der Waals surface area contributed by atoms with Crippen LogP contribution in [0, 0.1) is 5.92 Å². The van der Waals surface area contributed by atoms with E-state index in [2.05, 4.69) is 40.2 Å². The smallest absolute Gasteiger partial charge is 0.320 e. The molecule has 0 spiro atoms. The van der Waals surface area contributed by atoms with E-state index < -0.39 is 8.07 Å². The second kappa shape index (κ2) is 10.9. The lowest BCUT2D eigenvalue weighted by molar-refractivity contribution is -0.130. The lowest BCUT2D eigenvalue weighted by Gasteiger charge is -2.32. The number of carbonyl (C=O) groups is 2. The first-order chi connectivity index (χ1) is 15.2. The summed E-state index contributed by atoms with van der Waals surface area (Å²) < 4.78 is 7.72. The molecule has 3 amide bonds. The summed E-state index contributed by atoms with van der Waals surface area (Å²) >= 11 is 0. The van der Waals surface area contributed by atoms with Crippen molar-refractivity contribution in [3.05, 3.63) is 18.5 Å². The van der Waals surface area contributed by atoms with Gasteiger partial charge in [-0.3, -0.25) is 10.1 Å². The molecule has 32 heavy (non-hydrogen) atoms. The number of rotatable bonds is 9. The minimum Gasteiger partial charge on any atom is -0.361 e. The Morgan fingerprint density at radius 1 is 1.31 bits per heavy atom. The van der Waals surface area contributed by atoms with Crippen LogP contribution in [0.25, 0.3) is 11.2 Å². The summed E-state index contributed by atoms with van der Waals surface area (Å²) in [6, 6.07) is 2.69. The molecule has 3 heterocycles. The number of amides is 3. The number of carbonyl (C=O) groups excluding carboxylic acids is 2. The van der Waals surface area contributed by atoms with Crippen molar-refractivity contribution < 1.29 is 14.3 Å². The third-order valence-corrected chi connectivity index (χ3v) is 7.44. The van der Waals surface area contributed by atoms with E-state index in [-0.39, 0.29) is 11.9 Å². The zero-order valence-electron chi connectivity index (χ0n) is 19.7. The Labute approximate surface area is 190 Å². The topological polar surface area (TPSA) is 101 Å². The molecule has 0 saturated carbocycles. The SMILES string of the molecule is CC(=O)N1CCCC(CCNC(=O)Nc2cnc3c(ccn3COCC[Si](C)(C)C)n2)C1. The molecule has 176 valence electrons. The molecule has 1 unspecified atom stereocenters. The molecule has 0 radical (unpaired) electrons. The highest BCUT2D eigenvalue weighted by Gasteiger charge is 2.21. The van der Waals surface area contributed by atoms with Gasteiger partial charge in [-0.2, -0.15) is 0 Å². The zero-order chi connectivity index (χ0) is 23.1. The minimum absolute atomic E-state index is 0.126. The second-order valence-corrected chi connectivity index (χ2v) is 15.4. The van der Waals surface area contributed by atoms with Gasteiger partial charge >= 0.3 is 6.03 Å². The largest absolute Gasteiger partial charge is 0.361 e. The predicted molar refractivity (Wildman–Crippen MR) is 128 cm³/mol. The van der Waals surface area contributed by atoms with Gasteiger partial charge in [0.15, 0.2) is 11.5 Å². The fourth-order valence-corrected chi connectivity index (χ4v) is 4.56. The van der Waals surface area contributed by atoms with Gasteiger partial charge in [-0.1, -0.05) is 19.6 Å². The summed E-state index contributed by atoms with van der Waals surface area (Å²) in [6.45, 7) is 12.0. The van der Waals surface area contributed by atoms with Gasteiger partial charge in [0.1, 0.15) is 12.2 Å². The molecule has 0 aromatic carbocycles. The van der Waals surface area contributed by atoms with Gasteiger partial charge in [-0.25, -0.2) is 14.8 Å². The van der Waals surface area contributed by atoms with Crippen molar-refractivity contribution in [2.24, 2.45) is 5.92 Å². The van der Waals surface area contributed by atoms with E-state index in [1.165, 1.54) is 0 Å². The number of fused-ring (bicyclic) bond motifs is 1. The normalized spacial score (nSPS) is 16.9. The van der Waals surface area contributed by atoms with Crippen LogP contribution in [-0.2, 0) is 16.3 Å². The summed E-state index contributed by atoms with van der Waals surface area (Å²) in [6.07, 6.45) is 6.43. The lowest BCUT2D eigenvalue weighted by Crippen LogP contribution is -2.40. The molecule has 1 saturated heterocycles. The summed E-state index contributed by atoms with van der Waals surface area (Å²) in [5, 5.41) is 5.63.